The molecule has 1 saturated carbocycles. The first-order chi connectivity index (χ1) is 15.2. The Kier molecular flexibility index (Phi) is 6.55. The molecule has 2 aromatic rings. The second-order valence-corrected chi connectivity index (χ2v) is 8.82. The molecule has 2 N–H and O–H groups in total. The van der Waals surface area contributed by atoms with E-state index in [1.165, 1.54) is 28.8 Å². The fraction of sp³-hybridized carbons (Fsp3) is 0.455. The van der Waals surface area contributed by atoms with Gasteiger partial charge in [-0.1, -0.05) is 18.2 Å². The number of halogens is 3. The van der Waals surface area contributed by atoms with Gasteiger partial charge < -0.3 is 19.7 Å². The highest BCUT2D eigenvalue weighted by Gasteiger charge is 2.45. The lowest BCUT2D eigenvalue weighted by Crippen LogP contribution is -2.30. The van der Waals surface area contributed by atoms with E-state index in [4.69, 9.17) is 14.6 Å². The maximum absolute atomic E-state index is 12.8. The number of alkyl halides is 3. The van der Waals surface area contributed by atoms with Gasteiger partial charge in [0.25, 0.3) is 0 Å². The average molecular weight is 469 g/mol. The molecule has 4 rings (SSSR count). The molecule has 1 aromatic carbocycles. The Labute approximate surface area is 186 Å². The number of aromatic carboxylic acids is 1. The van der Waals surface area contributed by atoms with Gasteiger partial charge in [-0.3, -0.25) is 0 Å². The minimum Gasteiger partial charge on any atom is -0.490 e. The molecule has 1 aliphatic carbocycles. The lowest BCUT2D eigenvalue weighted by atomic mass is 9.86. The number of benzene rings is 1. The maximum Gasteiger partial charge on any atom is 0.416 e. The third kappa shape index (κ3) is 4.97. The quantitative estimate of drug-likeness (QED) is 0.596. The zero-order valence-electron chi connectivity index (χ0n) is 16.9. The number of aliphatic hydroxyl groups is 1. The molecule has 0 spiro atoms. The van der Waals surface area contributed by atoms with Gasteiger partial charge in [-0.05, 0) is 37.0 Å². The van der Waals surface area contributed by atoms with Crippen LogP contribution in [0.4, 0.5) is 13.2 Å². The number of hydrogen-bond acceptors (Lipinski definition) is 6. The van der Waals surface area contributed by atoms with Crippen LogP contribution in [0.1, 0.15) is 46.4 Å². The summed E-state index contributed by atoms with van der Waals surface area (Å²) in [4.78, 5) is 15.2. The predicted octanol–water partition coefficient (Wildman–Crippen LogP) is 4.71. The molecule has 2 fully saturated rings. The first kappa shape index (κ1) is 22.8. The first-order valence-electron chi connectivity index (χ1n) is 10.2. The monoisotopic (exact) mass is 469 g/mol. The molecule has 5 atom stereocenters. The minimum absolute atomic E-state index is 0.00348. The third-order valence-electron chi connectivity index (χ3n) is 5.87. The number of ether oxygens (including phenoxy) is 2. The summed E-state index contributed by atoms with van der Waals surface area (Å²) in [7, 11) is 0. The van der Waals surface area contributed by atoms with Crippen LogP contribution in [-0.2, 0) is 10.9 Å². The topological polar surface area (TPSA) is 88.9 Å². The van der Waals surface area contributed by atoms with E-state index in [1.54, 1.807) is 6.08 Å². The summed E-state index contributed by atoms with van der Waals surface area (Å²) in [5.74, 6) is -0.987. The number of nitrogens with zero attached hydrogens (tertiary/aromatic N) is 1. The second-order valence-electron chi connectivity index (χ2n) is 7.93. The lowest BCUT2D eigenvalue weighted by Gasteiger charge is -2.33. The van der Waals surface area contributed by atoms with E-state index < -0.39 is 23.8 Å². The van der Waals surface area contributed by atoms with Crippen LogP contribution in [0.25, 0.3) is 0 Å². The van der Waals surface area contributed by atoms with Crippen molar-refractivity contribution in [3.05, 3.63) is 58.1 Å². The highest BCUT2D eigenvalue weighted by Crippen LogP contribution is 2.46. The summed E-state index contributed by atoms with van der Waals surface area (Å²) in [6.07, 6.45) is 0.00456. The van der Waals surface area contributed by atoms with Crippen molar-refractivity contribution in [1.82, 2.24) is 4.98 Å². The first-order valence-corrected chi connectivity index (χ1v) is 11.1. The summed E-state index contributed by atoms with van der Waals surface area (Å²) >= 11 is 1.26. The van der Waals surface area contributed by atoms with Gasteiger partial charge in [0.15, 0.2) is 5.69 Å². The lowest BCUT2D eigenvalue weighted by molar-refractivity contribution is -0.137. The van der Waals surface area contributed by atoms with Crippen LogP contribution in [0.3, 0.4) is 0 Å². The predicted molar refractivity (Wildman–Crippen MR) is 110 cm³/mol. The second kappa shape index (κ2) is 9.21. The van der Waals surface area contributed by atoms with Gasteiger partial charge in [-0.25, -0.2) is 9.78 Å². The number of hydrogen-bond donors (Lipinski definition) is 2. The third-order valence-corrected chi connectivity index (χ3v) is 6.81. The maximum atomic E-state index is 12.8. The van der Waals surface area contributed by atoms with Gasteiger partial charge in [0.1, 0.15) is 23.5 Å². The van der Waals surface area contributed by atoms with Crippen molar-refractivity contribution in [1.29, 1.82) is 0 Å². The van der Waals surface area contributed by atoms with Gasteiger partial charge >= 0.3 is 12.1 Å². The molecule has 0 unspecified atom stereocenters. The van der Waals surface area contributed by atoms with Crippen LogP contribution in [-0.4, -0.2) is 40.0 Å². The zero-order chi connectivity index (χ0) is 22.9. The van der Waals surface area contributed by atoms with Crippen LogP contribution >= 0.6 is 11.3 Å². The Balaban J connectivity index is 1.33. The SMILES string of the molecule is O=C(O)c1csc([C@H]2CC[C@@H]3[C@@H](/C=C/COc4cccc(C(F)(F)F)c4)[C@H](O)C[C@@H]3O2)n1. The molecule has 6 nitrogen and oxygen atoms in total. The smallest absolute Gasteiger partial charge is 0.416 e. The van der Waals surface area contributed by atoms with E-state index >= 15 is 0 Å². The number of aliphatic hydroxyl groups excluding tert-OH is 1. The van der Waals surface area contributed by atoms with Crippen LogP contribution < -0.4 is 4.74 Å². The molecular weight excluding hydrogens is 447 g/mol. The van der Waals surface area contributed by atoms with Crippen molar-refractivity contribution in [3.63, 3.8) is 0 Å². The van der Waals surface area contributed by atoms with Crippen LogP contribution in [0.2, 0.25) is 0 Å². The summed E-state index contributed by atoms with van der Waals surface area (Å²) in [5.41, 5.74) is -0.763. The molecule has 32 heavy (non-hydrogen) atoms. The zero-order valence-corrected chi connectivity index (χ0v) is 17.7. The Morgan fingerprint density at radius 3 is 2.88 bits per heavy atom. The molecule has 1 aliphatic heterocycles. The fourth-order valence-corrected chi connectivity index (χ4v) is 5.23. The Morgan fingerprint density at radius 2 is 2.16 bits per heavy atom. The van der Waals surface area contributed by atoms with Crippen molar-refractivity contribution in [3.8, 4) is 5.75 Å². The van der Waals surface area contributed by atoms with Crippen molar-refractivity contribution in [2.75, 3.05) is 6.61 Å². The molecule has 172 valence electrons. The van der Waals surface area contributed by atoms with Gasteiger partial charge in [-0.15, -0.1) is 11.3 Å². The van der Waals surface area contributed by atoms with Crippen molar-refractivity contribution in [2.45, 2.75) is 43.8 Å². The van der Waals surface area contributed by atoms with Crippen molar-refractivity contribution in [2.24, 2.45) is 11.8 Å². The number of rotatable bonds is 6. The average Bonchev–Trinajstić information content (AvgIpc) is 3.35. The highest BCUT2D eigenvalue weighted by atomic mass is 32.1. The number of carboxylic acid groups (broad SMARTS) is 1. The number of carbonyl (C=O) groups is 1. The van der Waals surface area contributed by atoms with E-state index in [1.807, 2.05) is 6.08 Å². The molecule has 0 amide bonds. The Hall–Kier alpha value is -2.43. The highest BCUT2D eigenvalue weighted by molar-refractivity contribution is 7.09. The summed E-state index contributed by atoms with van der Waals surface area (Å²) in [6, 6.07) is 4.71. The molecule has 0 radical (unpaired) electrons. The fourth-order valence-electron chi connectivity index (χ4n) is 4.37. The van der Waals surface area contributed by atoms with Crippen LogP contribution in [0.15, 0.2) is 41.8 Å². The van der Waals surface area contributed by atoms with E-state index in [-0.39, 0.29) is 42.1 Å². The minimum atomic E-state index is -4.43. The summed E-state index contributed by atoms with van der Waals surface area (Å²) < 4.78 is 49.9. The van der Waals surface area contributed by atoms with Gasteiger partial charge in [0.05, 0.1) is 17.8 Å². The molecule has 2 aliphatic rings. The van der Waals surface area contributed by atoms with E-state index in [9.17, 15) is 23.1 Å². The van der Waals surface area contributed by atoms with E-state index in [2.05, 4.69) is 4.98 Å². The molecule has 0 bridgehead atoms. The number of carboxylic acids is 1. The van der Waals surface area contributed by atoms with Crippen molar-refractivity contribution >= 4 is 17.3 Å². The normalized spacial score (nSPS) is 28.1. The molecular formula is C22H22F3NO5S. The van der Waals surface area contributed by atoms with Crippen LogP contribution in [0.5, 0.6) is 5.75 Å². The largest absolute Gasteiger partial charge is 0.490 e. The Morgan fingerprint density at radius 1 is 1.34 bits per heavy atom. The molecule has 1 aromatic heterocycles. The standard InChI is InChI=1S/C22H22F3NO5S/c23-22(24,25)12-3-1-4-13(9-12)30-8-2-5-14-15-6-7-18(31-19(15)10-17(14)27)20-26-16(11-32-20)21(28)29/h1-5,9,11,14-15,17-19,27H,6-8,10H2,(H,28,29)/b5-2+/t14-,15-,17-,18-,19+/m1/s1. The summed E-state index contributed by atoms with van der Waals surface area (Å²) in [6.45, 7) is 0.0858. The van der Waals surface area contributed by atoms with E-state index in [0.29, 0.717) is 17.8 Å². The van der Waals surface area contributed by atoms with Crippen LogP contribution in [0, 0.1) is 11.8 Å². The number of thiazole rings is 1. The Bertz CT molecular complexity index is 992. The number of aromatic nitrogens is 1. The summed E-state index contributed by atoms with van der Waals surface area (Å²) in [5, 5.41) is 21.7. The number of fused-ring (bicyclic) bond motifs is 1. The van der Waals surface area contributed by atoms with Crippen molar-refractivity contribution < 1.29 is 37.7 Å². The van der Waals surface area contributed by atoms with Gasteiger partial charge in [-0.2, -0.15) is 13.2 Å². The molecule has 10 heteroatoms. The molecule has 2 heterocycles. The molecule has 1 saturated heterocycles. The van der Waals surface area contributed by atoms with Gasteiger partial charge in [0.2, 0.25) is 0 Å². The van der Waals surface area contributed by atoms with Gasteiger partial charge in [0, 0.05) is 17.7 Å². The van der Waals surface area contributed by atoms with E-state index in [0.717, 1.165) is 18.6 Å².